The summed E-state index contributed by atoms with van der Waals surface area (Å²) >= 11 is 0. The van der Waals surface area contributed by atoms with E-state index in [9.17, 15) is 9.18 Å². The molecule has 1 aliphatic rings. The van der Waals surface area contributed by atoms with Gasteiger partial charge in [-0.25, -0.2) is 19.0 Å². The van der Waals surface area contributed by atoms with Crippen LogP contribution >= 0.6 is 12.4 Å². The molecule has 192 valence electrons. The van der Waals surface area contributed by atoms with Gasteiger partial charge in [0.2, 0.25) is 0 Å². The lowest BCUT2D eigenvalue weighted by atomic mass is 10.1. The van der Waals surface area contributed by atoms with Crippen molar-refractivity contribution in [3.63, 3.8) is 0 Å². The summed E-state index contributed by atoms with van der Waals surface area (Å²) < 4.78 is 15.0. The van der Waals surface area contributed by atoms with Gasteiger partial charge in [-0.05, 0) is 66.7 Å². The van der Waals surface area contributed by atoms with E-state index >= 15 is 0 Å². The van der Waals surface area contributed by atoms with Gasteiger partial charge in [0.25, 0.3) is 5.91 Å². The van der Waals surface area contributed by atoms with Crippen LogP contribution in [0.15, 0.2) is 91.5 Å². The first-order chi connectivity index (χ1) is 18.1. The summed E-state index contributed by atoms with van der Waals surface area (Å²) in [5.74, 6) is 0.339. The van der Waals surface area contributed by atoms with Crippen LogP contribution in [-0.4, -0.2) is 51.8 Å². The molecule has 6 rings (SSSR count). The van der Waals surface area contributed by atoms with Crippen LogP contribution < -0.4 is 15.1 Å². The normalized spacial score (nSPS) is 13.3. The second-order valence-corrected chi connectivity index (χ2v) is 8.83. The van der Waals surface area contributed by atoms with Crippen LogP contribution in [0, 0.1) is 5.82 Å². The Labute approximate surface area is 225 Å². The number of nitrogens with one attached hydrogen (secondary N) is 1. The second-order valence-electron chi connectivity index (χ2n) is 8.83. The fourth-order valence-corrected chi connectivity index (χ4v) is 4.60. The van der Waals surface area contributed by atoms with E-state index in [0.29, 0.717) is 11.3 Å². The lowest BCUT2D eigenvalue weighted by Gasteiger charge is -2.37. The highest BCUT2D eigenvalue weighted by molar-refractivity contribution is 6.04. The van der Waals surface area contributed by atoms with E-state index in [2.05, 4.69) is 36.2 Å². The first kappa shape index (κ1) is 25.2. The molecule has 2 aromatic heterocycles. The van der Waals surface area contributed by atoms with E-state index in [0.717, 1.165) is 54.3 Å². The second kappa shape index (κ2) is 10.9. The number of carbonyl (C=O) groups is 1. The highest BCUT2D eigenvalue weighted by atomic mass is 35.5. The quantitative estimate of drug-likeness (QED) is 0.347. The van der Waals surface area contributed by atoms with Gasteiger partial charge in [0, 0.05) is 60.9 Å². The number of halogens is 2. The molecule has 1 fully saturated rings. The fourth-order valence-electron chi connectivity index (χ4n) is 4.60. The van der Waals surface area contributed by atoms with Crippen molar-refractivity contribution in [2.24, 2.45) is 0 Å². The van der Waals surface area contributed by atoms with Crippen molar-refractivity contribution in [3.8, 4) is 5.69 Å². The molecule has 38 heavy (non-hydrogen) atoms. The number of hydrogen-bond donors (Lipinski definition) is 1. The minimum Gasteiger partial charge on any atom is -0.368 e. The highest BCUT2D eigenvalue weighted by Gasteiger charge is 2.21. The van der Waals surface area contributed by atoms with E-state index in [4.69, 9.17) is 0 Å². The van der Waals surface area contributed by atoms with E-state index < -0.39 is 0 Å². The van der Waals surface area contributed by atoms with E-state index in [1.54, 1.807) is 30.7 Å². The number of hydrogen-bond acceptors (Lipinski definition) is 6. The van der Waals surface area contributed by atoms with Crippen molar-refractivity contribution in [2.45, 2.75) is 0 Å². The maximum atomic E-state index is 13.2. The van der Waals surface area contributed by atoms with Gasteiger partial charge in [-0.2, -0.15) is 5.10 Å². The molecule has 1 N–H and O–H groups in total. The molecule has 3 heterocycles. The summed E-state index contributed by atoms with van der Waals surface area (Å²) in [5, 5.41) is 8.15. The minimum absolute atomic E-state index is 0. The van der Waals surface area contributed by atoms with E-state index in [-0.39, 0.29) is 24.1 Å². The van der Waals surface area contributed by atoms with Crippen LogP contribution in [0.5, 0.6) is 0 Å². The van der Waals surface area contributed by atoms with Gasteiger partial charge in [0.05, 0.1) is 11.2 Å². The van der Waals surface area contributed by atoms with Crippen LogP contribution in [-0.2, 0) is 0 Å². The third kappa shape index (κ3) is 5.14. The van der Waals surface area contributed by atoms with Crippen LogP contribution in [0.1, 0.15) is 10.4 Å². The number of rotatable bonds is 5. The molecule has 0 bridgehead atoms. The Morgan fingerprint density at radius 1 is 0.842 bits per heavy atom. The third-order valence-corrected chi connectivity index (χ3v) is 6.52. The van der Waals surface area contributed by atoms with E-state index in [1.165, 1.54) is 12.1 Å². The molecule has 0 unspecified atom stereocenters. The van der Waals surface area contributed by atoms with Gasteiger partial charge >= 0.3 is 0 Å². The Balaban J connectivity index is 0.00000294. The zero-order valence-electron chi connectivity index (χ0n) is 20.4. The van der Waals surface area contributed by atoms with Crippen LogP contribution in [0.3, 0.4) is 0 Å². The molecule has 10 heteroatoms. The van der Waals surface area contributed by atoms with Crippen LogP contribution in [0.25, 0.3) is 16.6 Å². The van der Waals surface area contributed by atoms with Gasteiger partial charge < -0.3 is 15.1 Å². The largest absolute Gasteiger partial charge is 0.368 e. The number of piperazine rings is 1. The van der Waals surface area contributed by atoms with Gasteiger partial charge in [0.15, 0.2) is 0 Å². The van der Waals surface area contributed by atoms with Crippen molar-refractivity contribution < 1.29 is 9.18 Å². The topological polar surface area (TPSA) is 79.2 Å². The van der Waals surface area contributed by atoms with Crippen molar-refractivity contribution >= 4 is 46.4 Å². The summed E-state index contributed by atoms with van der Waals surface area (Å²) in [4.78, 5) is 26.4. The van der Waals surface area contributed by atoms with Crippen LogP contribution in [0.2, 0.25) is 0 Å². The van der Waals surface area contributed by atoms with Gasteiger partial charge in [-0.15, -0.1) is 12.4 Å². The van der Waals surface area contributed by atoms with Crippen molar-refractivity contribution in [2.75, 3.05) is 41.3 Å². The van der Waals surface area contributed by atoms with Crippen LogP contribution in [0.4, 0.5) is 21.6 Å². The zero-order chi connectivity index (χ0) is 25.2. The van der Waals surface area contributed by atoms with Crippen molar-refractivity contribution in [3.05, 3.63) is 103 Å². The Morgan fingerprint density at radius 2 is 1.63 bits per heavy atom. The predicted molar refractivity (Wildman–Crippen MR) is 149 cm³/mol. The lowest BCUT2D eigenvalue weighted by Crippen LogP contribution is -2.47. The minimum atomic E-state index is -0.340. The Hall–Kier alpha value is -4.50. The van der Waals surface area contributed by atoms with Gasteiger partial charge in [-0.1, -0.05) is 6.07 Å². The monoisotopic (exact) mass is 529 g/mol. The summed E-state index contributed by atoms with van der Waals surface area (Å²) in [6, 6.07) is 21.3. The number of amides is 1. The lowest BCUT2D eigenvalue weighted by molar-refractivity contribution is 0.102. The maximum absolute atomic E-state index is 13.2. The van der Waals surface area contributed by atoms with Gasteiger partial charge in [0.1, 0.15) is 18.0 Å². The number of aromatic nitrogens is 4. The summed E-state index contributed by atoms with van der Waals surface area (Å²) in [6.45, 7) is 3.13. The smallest absolute Gasteiger partial charge is 0.255 e. The Kier molecular flexibility index (Phi) is 7.19. The van der Waals surface area contributed by atoms with Crippen molar-refractivity contribution in [1.82, 2.24) is 19.7 Å². The number of nitrogens with zero attached hydrogens (tertiary/aromatic N) is 6. The maximum Gasteiger partial charge on any atom is 0.255 e. The number of fused-ring (bicyclic) bond motifs is 1. The molecule has 0 atom stereocenters. The molecule has 1 amide bonds. The molecule has 5 aromatic rings. The average Bonchev–Trinajstić information content (AvgIpc) is 3.49. The summed E-state index contributed by atoms with van der Waals surface area (Å²) in [6.07, 6.45) is 5.28. The molecule has 0 saturated carbocycles. The van der Waals surface area contributed by atoms with Crippen molar-refractivity contribution in [1.29, 1.82) is 0 Å². The molecule has 8 nitrogen and oxygen atoms in total. The van der Waals surface area contributed by atoms with E-state index in [1.807, 2.05) is 47.3 Å². The molecular weight excluding hydrogens is 505 g/mol. The fraction of sp³-hybridized carbons (Fsp3) is 0.143. The molecule has 1 saturated heterocycles. The molecule has 0 aliphatic carbocycles. The average molecular weight is 530 g/mol. The standard InChI is InChI=1S/C28H24FN7O.ClH/c29-21-5-7-22(8-6-21)33-28(37)20-3-1-4-23(17-20)34-13-15-35(16-14-34)27-25-18-24(36-12-2-11-32-36)9-10-26(25)30-19-31-27;/h1-12,17-19H,13-16H2,(H,33,37);1H. The molecule has 3 aromatic carbocycles. The summed E-state index contributed by atoms with van der Waals surface area (Å²) in [7, 11) is 0. The molecular formula is C28H25ClFN7O. The SMILES string of the molecule is Cl.O=C(Nc1ccc(F)cc1)c1cccc(N2CCN(c3ncnc4ccc(-n5cccn5)cc34)CC2)c1. The Bertz CT molecular complexity index is 1550. The molecule has 1 aliphatic heterocycles. The number of anilines is 3. The number of benzene rings is 3. The Morgan fingerprint density at radius 3 is 2.39 bits per heavy atom. The highest BCUT2D eigenvalue weighted by Crippen LogP contribution is 2.27. The predicted octanol–water partition coefficient (Wildman–Crippen LogP) is 4.96. The first-order valence-electron chi connectivity index (χ1n) is 12.1. The zero-order valence-corrected chi connectivity index (χ0v) is 21.2. The number of carbonyl (C=O) groups excluding carboxylic acids is 1. The van der Waals surface area contributed by atoms with Gasteiger partial charge in [-0.3, -0.25) is 4.79 Å². The first-order valence-corrected chi connectivity index (χ1v) is 12.1. The summed E-state index contributed by atoms with van der Waals surface area (Å²) in [5.41, 5.74) is 3.95. The molecule has 0 radical (unpaired) electrons. The third-order valence-electron chi connectivity index (χ3n) is 6.52. The molecule has 0 spiro atoms.